The molecular weight excluding hydrogens is 244 g/mol. The molecule has 19 heavy (non-hydrogen) atoms. The maximum atomic E-state index is 11.6. The second-order valence-electron chi connectivity index (χ2n) is 5.23. The van der Waals surface area contributed by atoms with Crippen molar-refractivity contribution in [1.82, 2.24) is 10.2 Å². The van der Waals surface area contributed by atoms with Crippen LogP contribution in [-0.2, 0) is 4.79 Å². The Morgan fingerprint density at radius 1 is 1.53 bits per heavy atom. The highest BCUT2D eigenvalue weighted by molar-refractivity contribution is 5.91. The molecule has 0 aliphatic carbocycles. The van der Waals surface area contributed by atoms with Gasteiger partial charge in [0.2, 0.25) is 5.91 Å². The third kappa shape index (κ3) is 6.22. The summed E-state index contributed by atoms with van der Waals surface area (Å²) in [5.41, 5.74) is -0.950. The van der Waals surface area contributed by atoms with Gasteiger partial charge in [-0.15, -0.1) is 0 Å². The molecule has 0 bridgehead atoms. The number of likely N-dealkylation sites (N-methyl/N-ethyl adjacent to an activating group) is 1. The standard InChI is InChI=1S/C14H22N2O3/c1-11-5-6-12(19-11)7-8-13(17)15-9-14(2,18)10-16(3)4/h5-8,18H,9-10H2,1-4H3,(H,15,17)/b8-7+. The molecule has 0 saturated heterocycles. The van der Waals surface area contributed by atoms with Crippen LogP contribution >= 0.6 is 0 Å². The first-order chi connectivity index (χ1) is 8.78. The predicted octanol–water partition coefficient (Wildman–Crippen LogP) is 1.03. The van der Waals surface area contributed by atoms with Crippen molar-refractivity contribution in [2.75, 3.05) is 27.2 Å². The van der Waals surface area contributed by atoms with Crippen molar-refractivity contribution < 1.29 is 14.3 Å². The van der Waals surface area contributed by atoms with Crippen molar-refractivity contribution in [2.45, 2.75) is 19.4 Å². The molecule has 5 heteroatoms. The lowest BCUT2D eigenvalue weighted by Gasteiger charge is -2.26. The van der Waals surface area contributed by atoms with Crippen molar-refractivity contribution in [2.24, 2.45) is 0 Å². The number of hydrogen-bond donors (Lipinski definition) is 2. The van der Waals surface area contributed by atoms with Gasteiger partial charge < -0.3 is 19.7 Å². The minimum atomic E-state index is -0.950. The van der Waals surface area contributed by atoms with Gasteiger partial charge >= 0.3 is 0 Å². The fourth-order valence-corrected chi connectivity index (χ4v) is 1.77. The Morgan fingerprint density at radius 2 is 2.21 bits per heavy atom. The number of hydrogen-bond acceptors (Lipinski definition) is 4. The molecule has 0 aromatic carbocycles. The van der Waals surface area contributed by atoms with Gasteiger partial charge in [-0.1, -0.05) is 0 Å². The van der Waals surface area contributed by atoms with E-state index in [9.17, 15) is 9.90 Å². The van der Waals surface area contributed by atoms with E-state index in [2.05, 4.69) is 5.32 Å². The maximum Gasteiger partial charge on any atom is 0.244 e. The quantitative estimate of drug-likeness (QED) is 0.755. The monoisotopic (exact) mass is 266 g/mol. The van der Waals surface area contributed by atoms with Crippen LogP contribution in [-0.4, -0.2) is 48.7 Å². The molecule has 1 heterocycles. The van der Waals surface area contributed by atoms with Gasteiger partial charge in [-0.3, -0.25) is 4.79 Å². The molecule has 0 aliphatic rings. The van der Waals surface area contributed by atoms with E-state index in [1.54, 1.807) is 19.1 Å². The number of rotatable bonds is 6. The maximum absolute atomic E-state index is 11.6. The van der Waals surface area contributed by atoms with Crippen LogP contribution in [0.25, 0.3) is 6.08 Å². The highest BCUT2D eigenvalue weighted by Crippen LogP contribution is 2.07. The van der Waals surface area contributed by atoms with Crippen LogP contribution in [0.5, 0.6) is 0 Å². The molecule has 1 rings (SSSR count). The smallest absolute Gasteiger partial charge is 0.244 e. The molecule has 0 fully saturated rings. The Balaban J connectivity index is 2.41. The van der Waals surface area contributed by atoms with E-state index in [1.807, 2.05) is 32.0 Å². The summed E-state index contributed by atoms with van der Waals surface area (Å²) in [7, 11) is 3.74. The summed E-state index contributed by atoms with van der Waals surface area (Å²) in [6, 6.07) is 3.63. The van der Waals surface area contributed by atoms with Crippen LogP contribution in [0.3, 0.4) is 0 Å². The highest BCUT2D eigenvalue weighted by atomic mass is 16.3. The molecule has 1 aromatic heterocycles. The molecule has 0 aliphatic heterocycles. The largest absolute Gasteiger partial charge is 0.462 e. The van der Waals surface area contributed by atoms with Gasteiger partial charge in [0.1, 0.15) is 11.5 Å². The molecule has 0 spiro atoms. The molecule has 0 radical (unpaired) electrons. The molecule has 0 saturated carbocycles. The van der Waals surface area contributed by atoms with E-state index in [0.29, 0.717) is 12.3 Å². The van der Waals surface area contributed by atoms with Crippen LogP contribution in [0.4, 0.5) is 0 Å². The summed E-state index contributed by atoms with van der Waals surface area (Å²) in [5, 5.41) is 12.7. The molecular formula is C14H22N2O3. The summed E-state index contributed by atoms with van der Waals surface area (Å²) < 4.78 is 5.31. The van der Waals surface area contributed by atoms with Crippen molar-refractivity contribution in [3.63, 3.8) is 0 Å². The Bertz CT molecular complexity index is 447. The minimum Gasteiger partial charge on any atom is -0.462 e. The lowest BCUT2D eigenvalue weighted by molar-refractivity contribution is -0.117. The third-order valence-electron chi connectivity index (χ3n) is 2.46. The van der Waals surface area contributed by atoms with E-state index < -0.39 is 5.60 Å². The summed E-state index contributed by atoms with van der Waals surface area (Å²) in [4.78, 5) is 13.5. The minimum absolute atomic E-state index is 0.200. The molecule has 1 unspecified atom stereocenters. The predicted molar refractivity (Wildman–Crippen MR) is 74.7 cm³/mol. The summed E-state index contributed by atoms with van der Waals surface area (Å²) in [6.45, 7) is 4.21. The number of carbonyl (C=O) groups excluding carboxylic acids is 1. The SMILES string of the molecule is Cc1ccc(/C=C/C(=O)NCC(C)(O)CN(C)C)o1. The fraction of sp³-hybridized carbons (Fsp3) is 0.500. The van der Waals surface area contributed by atoms with Crippen LogP contribution in [0, 0.1) is 6.92 Å². The number of furan rings is 1. The van der Waals surface area contributed by atoms with Crippen LogP contribution < -0.4 is 5.32 Å². The molecule has 1 aromatic rings. The zero-order valence-corrected chi connectivity index (χ0v) is 11.9. The number of aryl methyl sites for hydroxylation is 1. The van der Waals surface area contributed by atoms with Crippen molar-refractivity contribution in [3.05, 3.63) is 29.7 Å². The average Bonchev–Trinajstić information content (AvgIpc) is 2.68. The van der Waals surface area contributed by atoms with Gasteiger partial charge in [0.15, 0.2) is 0 Å². The van der Waals surface area contributed by atoms with Crippen molar-refractivity contribution in [1.29, 1.82) is 0 Å². The first kappa shape index (κ1) is 15.5. The van der Waals surface area contributed by atoms with Gasteiger partial charge in [-0.05, 0) is 46.2 Å². The summed E-state index contributed by atoms with van der Waals surface area (Å²) in [6.07, 6.45) is 2.99. The van der Waals surface area contributed by atoms with Crippen molar-refractivity contribution in [3.8, 4) is 0 Å². The second kappa shape index (κ2) is 6.54. The Hall–Kier alpha value is -1.59. The van der Waals surface area contributed by atoms with Crippen LogP contribution in [0.1, 0.15) is 18.4 Å². The average molecular weight is 266 g/mol. The fourth-order valence-electron chi connectivity index (χ4n) is 1.77. The molecule has 5 nitrogen and oxygen atoms in total. The van der Waals surface area contributed by atoms with Crippen LogP contribution in [0.2, 0.25) is 0 Å². The van der Waals surface area contributed by atoms with Gasteiger partial charge in [-0.2, -0.15) is 0 Å². The number of nitrogens with one attached hydrogen (secondary N) is 1. The third-order valence-corrected chi connectivity index (χ3v) is 2.46. The summed E-state index contributed by atoms with van der Waals surface area (Å²) >= 11 is 0. The highest BCUT2D eigenvalue weighted by Gasteiger charge is 2.21. The Kier molecular flexibility index (Phi) is 5.32. The van der Waals surface area contributed by atoms with Crippen molar-refractivity contribution >= 4 is 12.0 Å². The van der Waals surface area contributed by atoms with Crippen LogP contribution in [0.15, 0.2) is 22.6 Å². The number of aliphatic hydroxyl groups is 1. The summed E-state index contributed by atoms with van der Waals surface area (Å²) in [5.74, 6) is 1.18. The molecule has 1 atom stereocenters. The van der Waals surface area contributed by atoms with E-state index in [-0.39, 0.29) is 12.5 Å². The molecule has 1 amide bonds. The van der Waals surface area contributed by atoms with Gasteiger partial charge in [-0.25, -0.2) is 0 Å². The van der Waals surface area contributed by atoms with Gasteiger partial charge in [0.05, 0.1) is 5.60 Å². The zero-order valence-electron chi connectivity index (χ0n) is 11.9. The van der Waals surface area contributed by atoms with Gasteiger partial charge in [0, 0.05) is 19.2 Å². The van der Waals surface area contributed by atoms with E-state index >= 15 is 0 Å². The second-order valence-corrected chi connectivity index (χ2v) is 5.23. The number of nitrogens with zero attached hydrogens (tertiary/aromatic N) is 1. The lowest BCUT2D eigenvalue weighted by Crippen LogP contribution is -2.46. The lowest BCUT2D eigenvalue weighted by atomic mass is 10.1. The van der Waals surface area contributed by atoms with E-state index in [0.717, 1.165) is 5.76 Å². The number of carbonyl (C=O) groups is 1. The molecule has 2 N–H and O–H groups in total. The first-order valence-corrected chi connectivity index (χ1v) is 6.18. The molecule has 106 valence electrons. The Morgan fingerprint density at radius 3 is 2.74 bits per heavy atom. The topological polar surface area (TPSA) is 65.7 Å². The first-order valence-electron chi connectivity index (χ1n) is 6.18. The normalized spacial score (nSPS) is 14.8. The number of amides is 1. The van der Waals surface area contributed by atoms with E-state index in [1.165, 1.54) is 6.08 Å². The van der Waals surface area contributed by atoms with Gasteiger partial charge in [0.25, 0.3) is 0 Å². The van der Waals surface area contributed by atoms with E-state index in [4.69, 9.17) is 4.42 Å². The Labute approximate surface area is 113 Å². The zero-order chi connectivity index (χ0) is 14.5.